The van der Waals surface area contributed by atoms with E-state index in [0.717, 1.165) is 19.5 Å². The fraction of sp³-hybridized carbons (Fsp3) is 0.917. The van der Waals surface area contributed by atoms with Gasteiger partial charge < -0.3 is 0 Å². The van der Waals surface area contributed by atoms with Gasteiger partial charge in [0, 0.05) is 13.1 Å². The number of carbonyl (C=O) groups is 1. The van der Waals surface area contributed by atoms with E-state index < -0.39 is 5.54 Å². The molecular formula is C12H25N3O. The van der Waals surface area contributed by atoms with Gasteiger partial charge in [0.05, 0.1) is 5.54 Å². The van der Waals surface area contributed by atoms with Crippen LogP contribution in [0.25, 0.3) is 0 Å². The normalized spacial score (nSPS) is 30.8. The number of rotatable bonds is 3. The van der Waals surface area contributed by atoms with Crippen LogP contribution in [0.4, 0.5) is 0 Å². The summed E-state index contributed by atoms with van der Waals surface area (Å²) in [6.07, 6.45) is 2.04. The molecule has 4 nitrogen and oxygen atoms in total. The maximum absolute atomic E-state index is 11.9. The number of piperidine rings is 1. The number of hydrogen-bond donors (Lipinski definition) is 2. The lowest BCUT2D eigenvalue weighted by molar-refractivity contribution is -0.135. The summed E-state index contributed by atoms with van der Waals surface area (Å²) in [6.45, 7) is 10.5. The molecule has 0 aromatic rings. The molecule has 0 saturated carbocycles. The van der Waals surface area contributed by atoms with Crippen molar-refractivity contribution in [3.05, 3.63) is 0 Å². The molecule has 3 atom stereocenters. The Hall–Kier alpha value is -0.610. The average molecular weight is 227 g/mol. The number of hydrogen-bond acceptors (Lipinski definition) is 3. The lowest BCUT2D eigenvalue weighted by atomic mass is 9.86. The van der Waals surface area contributed by atoms with E-state index in [-0.39, 0.29) is 5.91 Å². The average Bonchev–Trinajstić information content (AvgIpc) is 2.25. The third-order valence-electron chi connectivity index (χ3n) is 3.88. The largest absolute Gasteiger partial charge is 0.293 e. The zero-order valence-corrected chi connectivity index (χ0v) is 10.9. The summed E-state index contributed by atoms with van der Waals surface area (Å²) < 4.78 is 0. The highest BCUT2D eigenvalue weighted by Gasteiger charge is 2.40. The third kappa shape index (κ3) is 2.55. The Labute approximate surface area is 98.5 Å². The molecule has 1 aliphatic heterocycles. The van der Waals surface area contributed by atoms with Gasteiger partial charge in [-0.15, -0.1) is 0 Å². The van der Waals surface area contributed by atoms with E-state index in [2.05, 4.69) is 24.2 Å². The van der Waals surface area contributed by atoms with Crippen molar-refractivity contribution in [3.63, 3.8) is 0 Å². The summed E-state index contributed by atoms with van der Waals surface area (Å²) >= 11 is 0. The van der Waals surface area contributed by atoms with Gasteiger partial charge in [-0.05, 0) is 31.6 Å². The highest BCUT2D eigenvalue weighted by molar-refractivity contribution is 5.85. The molecule has 94 valence electrons. The molecule has 0 unspecified atom stereocenters. The van der Waals surface area contributed by atoms with Gasteiger partial charge in [0.15, 0.2) is 0 Å². The number of hydrazine groups is 1. The summed E-state index contributed by atoms with van der Waals surface area (Å²) in [6, 6.07) is 0. The molecule has 4 heteroatoms. The van der Waals surface area contributed by atoms with E-state index >= 15 is 0 Å². The monoisotopic (exact) mass is 227 g/mol. The van der Waals surface area contributed by atoms with E-state index in [1.54, 1.807) is 0 Å². The highest BCUT2D eigenvalue weighted by Crippen LogP contribution is 2.29. The van der Waals surface area contributed by atoms with Crippen LogP contribution in [0.2, 0.25) is 0 Å². The molecule has 0 radical (unpaired) electrons. The minimum absolute atomic E-state index is 0.0729. The molecule has 1 rings (SSSR count). The van der Waals surface area contributed by atoms with Gasteiger partial charge >= 0.3 is 0 Å². The first-order valence-corrected chi connectivity index (χ1v) is 6.20. The Morgan fingerprint density at radius 1 is 1.44 bits per heavy atom. The molecule has 1 fully saturated rings. The third-order valence-corrected chi connectivity index (χ3v) is 3.88. The zero-order chi connectivity index (χ0) is 12.3. The smallest absolute Gasteiger partial charge is 0.254 e. The summed E-state index contributed by atoms with van der Waals surface area (Å²) in [4.78, 5) is 14.2. The molecule has 3 N–H and O–H groups in total. The van der Waals surface area contributed by atoms with Crippen molar-refractivity contribution >= 4 is 5.91 Å². The highest BCUT2D eigenvalue weighted by atomic mass is 16.2. The first-order chi connectivity index (χ1) is 7.43. The number of amides is 1. The van der Waals surface area contributed by atoms with Crippen LogP contribution < -0.4 is 11.3 Å². The number of likely N-dealkylation sites (tertiary alicyclic amines) is 1. The second-order valence-electron chi connectivity index (χ2n) is 5.45. The quantitative estimate of drug-likeness (QED) is 0.431. The van der Waals surface area contributed by atoms with E-state index in [4.69, 9.17) is 5.84 Å². The van der Waals surface area contributed by atoms with E-state index in [1.165, 1.54) is 6.42 Å². The van der Waals surface area contributed by atoms with Crippen LogP contribution in [0, 0.1) is 11.8 Å². The van der Waals surface area contributed by atoms with Crippen LogP contribution >= 0.6 is 0 Å². The van der Waals surface area contributed by atoms with Crippen LogP contribution in [-0.2, 0) is 4.79 Å². The predicted octanol–water partition coefficient (Wildman–Crippen LogP) is 1.12. The van der Waals surface area contributed by atoms with Gasteiger partial charge in [0.1, 0.15) is 0 Å². The molecule has 1 heterocycles. The SMILES string of the molecule is CC[C@](C)(C(=O)NN)N1C[C@@H](C)C[C@H](C)C1. The van der Waals surface area contributed by atoms with Crippen molar-refractivity contribution in [2.45, 2.75) is 46.1 Å². The molecule has 1 aliphatic rings. The first-order valence-electron chi connectivity index (χ1n) is 6.20. The lowest BCUT2D eigenvalue weighted by Gasteiger charge is -2.45. The van der Waals surface area contributed by atoms with Crippen LogP contribution in [0.5, 0.6) is 0 Å². The maximum atomic E-state index is 11.9. The van der Waals surface area contributed by atoms with Gasteiger partial charge in [-0.1, -0.05) is 20.8 Å². The van der Waals surface area contributed by atoms with Crippen LogP contribution in [0.1, 0.15) is 40.5 Å². The van der Waals surface area contributed by atoms with Crippen molar-refractivity contribution in [1.29, 1.82) is 0 Å². The second-order valence-corrected chi connectivity index (χ2v) is 5.45. The van der Waals surface area contributed by atoms with Gasteiger partial charge in [0.2, 0.25) is 0 Å². The molecule has 1 amide bonds. The predicted molar refractivity (Wildman–Crippen MR) is 65.5 cm³/mol. The maximum Gasteiger partial charge on any atom is 0.254 e. The lowest BCUT2D eigenvalue weighted by Crippen LogP contribution is -2.61. The van der Waals surface area contributed by atoms with Crippen molar-refractivity contribution in [3.8, 4) is 0 Å². The Bertz CT molecular complexity index is 247. The van der Waals surface area contributed by atoms with Crippen molar-refractivity contribution in [2.75, 3.05) is 13.1 Å². The van der Waals surface area contributed by atoms with Crippen molar-refractivity contribution in [1.82, 2.24) is 10.3 Å². The molecule has 16 heavy (non-hydrogen) atoms. The summed E-state index contributed by atoms with van der Waals surface area (Å²) in [5.74, 6) is 6.52. The molecular weight excluding hydrogens is 202 g/mol. The molecule has 0 aliphatic carbocycles. The minimum atomic E-state index is -0.461. The van der Waals surface area contributed by atoms with Crippen molar-refractivity contribution in [2.24, 2.45) is 17.7 Å². The van der Waals surface area contributed by atoms with Gasteiger partial charge in [-0.25, -0.2) is 5.84 Å². The van der Waals surface area contributed by atoms with E-state index in [1.807, 2.05) is 13.8 Å². The van der Waals surface area contributed by atoms with Crippen molar-refractivity contribution < 1.29 is 4.79 Å². The number of nitrogens with two attached hydrogens (primary N) is 1. The van der Waals surface area contributed by atoms with Gasteiger partial charge in [0.25, 0.3) is 5.91 Å². The van der Waals surface area contributed by atoms with Crippen LogP contribution in [0.3, 0.4) is 0 Å². The van der Waals surface area contributed by atoms with E-state index in [9.17, 15) is 4.79 Å². The summed E-state index contributed by atoms with van der Waals surface area (Å²) in [5, 5.41) is 0. The molecule has 0 aromatic carbocycles. The molecule has 0 bridgehead atoms. The van der Waals surface area contributed by atoms with Crippen LogP contribution in [-0.4, -0.2) is 29.4 Å². The fourth-order valence-corrected chi connectivity index (χ4v) is 2.75. The number of carbonyl (C=O) groups excluding carboxylic acids is 1. The molecule has 0 aromatic heterocycles. The van der Waals surface area contributed by atoms with Gasteiger partial charge in [-0.2, -0.15) is 0 Å². The van der Waals surface area contributed by atoms with E-state index in [0.29, 0.717) is 11.8 Å². The Balaban J connectivity index is 2.83. The standard InChI is InChI=1S/C12H25N3O/c1-5-12(4,11(16)14-13)15-7-9(2)6-10(3)8-15/h9-10H,5-8,13H2,1-4H3,(H,14,16)/t9-,10-,12+/m0/s1. The molecule has 1 saturated heterocycles. The topological polar surface area (TPSA) is 58.4 Å². The molecule has 0 spiro atoms. The first kappa shape index (κ1) is 13.5. The number of nitrogens with zero attached hydrogens (tertiary/aromatic N) is 1. The van der Waals surface area contributed by atoms with Crippen LogP contribution in [0.15, 0.2) is 0 Å². The second kappa shape index (κ2) is 5.15. The zero-order valence-electron chi connectivity index (χ0n) is 10.9. The summed E-state index contributed by atoms with van der Waals surface area (Å²) in [7, 11) is 0. The fourth-order valence-electron chi connectivity index (χ4n) is 2.75. The summed E-state index contributed by atoms with van der Waals surface area (Å²) in [5.41, 5.74) is 1.84. The Morgan fingerprint density at radius 2 is 1.94 bits per heavy atom. The minimum Gasteiger partial charge on any atom is -0.293 e. The Kier molecular flexibility index (Phi) is 4.33. The number of nitrogens with one attached hydrogen (secondary N) is 1. The van der Waals surface area contributed by atoms with Gasteiger partial charge in [-0.3, -0.25) is 15.1 Å². The Morgan fingerprint density at radius 3 is 2.31 bits per heavy atom.